The number of hydrogen-bond donors (Lipinski definition) is 3. The van der Waals surface area contributed by atoms with Crippen molar-refractivity contribution in [1.82, 2.24) is 9.88 Å². The van der Waals surface area contributed by atoms with E-state index in [2.05, 4.69) is 22.5 Å². The molecule has 2 saturated heterocycles. The van der Waals surface area contributed by atoms with Crippen molar-refractivity contribution in [2.75, 3.05) is 31.0 Å². The molecule has 3 N–H and O–H groups in total. The smallest absolute Gasteiger partial charge is 0.324 e. The van der Waals surface area contributed by atoms with Crippen LogP contribution in [0.5, 0.6) is 11.5 Å². The van der Waals surface area contributed by atoms with Gasteiger partial charge in [-0.15, -0.1) is 0 Å². The number of amides is 2. The second-order valence-corrected chi connectivity index (χ2v) is 16.6. The molecule has 1 aromatic heterocycles. The molecule has 12 heteroatoms. The lowest BCUT2D eigenvalue weighted by molar-refractivity contribution is -0.177. The standard InChI is InChI=1S/C51H40N4O7S/c1-60-35-25-22-31(23-26-35)20-21-32-24-27-38-37(30-32)51(49(59)52-38)42(47(57)54-50-53-39-17-9-11-19-41(39)63-50)44-48(58)62-45(34-14-6-3-7-15-34)43(33-12-4-2-5-13-33)55(44)46(51)36-16-8-10-18-40(36)61-29-28-56/h2-19,22-27,30,42-46,56H,28-29H2,1H3,(H,52,59)(H,53,54,57). The van der Waals surface area contributed by atoms with Gasteiger partial charge in [-0.05, 0) is 77.4 Å². The molecule has 312 valence electrons. The summed E-state index contributed by atoms with van der Waals surface area (Å²) in [7, 11) is 1.60. The lowest BCUT2D eigenvalue weighted by Gasteiger charge is -2.46. The first-order valence-electron chi connectivity index (χ1n) is 20.6. The molecule has 2 amide bonds. The number of nitrogens with one attached hydrogen (secondary N) is 2. The van der Waals surface area contributed by atoms with E-state index in [9.17, 15) is 5.11 Å². The van der Waals surface area contributed by atoms with Gasteiger partial charge in [-0.1, -0.05) is 114 Å². The van der Waals surface area contributed by atoms with Gasteiger partial charge < -0.3 is 30.0 Å². The monoisotopic (exact) mass is 852 g/mol. The topological polar surface area (TPSA) is 139 Å². The van der Waals surface area contributed by atoms with Gasteiger partial charge in [0.1, 0.15) is 35.7 Å². The van der Waals surface area contributed by atoms with Crippen molar-refractivity contribution in [1.29, 1.82) is 0 Å². The zero-order chi connectivity index (χ0) is 43.1. The molecule has 6 atom stereocenters. The van der Waals surface area contributed by atoms with Gasteiger partial charge >= 0.3 is 5.97 Å². The number of benzene rings is 6. The summed E-state index contributed by atoms with van der Waals surface area (Å²) in [5, 5.41) is 16.5. The van der Waals surface area contributed by atoms with E-state index in [1.54, 1.807) is 19.2 Å². The second-order valence-electron chi connectivity index (χ2n) is 15.5. The molecule has 0 saturated carbocycles. The Kier molecular flexibility index (Phi) is 10.4. The van der Waals surface area contributed by atoms with Gasteiger partial charge in [0.15, 0.2) is 5.13 Å². The van der Waals surface area contributed by atoms with Crippen LogP contribution in [-0.4, -0.2) is 59.1 Å². The van der Waals surface area contributed by atoms with Crippen molar-refractivity contribution in [3.8, 4) is 23.3 Å². The van der Waals surface area contributed by atoms with E-state index < -0.39 is 53.3 Å². The molecule has 3 aliphatic rings. The summed E-state index contributed by atoms with van der Waals surface area (Å²) in [5.41, 5.74) is 3.31. The van der Waals surface area contributed by atoms with Crippen LogP contribution in [0.4, 0.5) is 10.8 Å². The van der Waals surface area contributed by atoms with Crippen molar-refractivity contribution in [3.05, 3.63) is 185 Å². The Morgan fingerprint density at radius 3 is 2.27 bits per heavy atom. The largest absolute Gasteiger partial charge is 0.497 e. The van der Waals surface area contributed by atoms with Crippen LogP contribution >= 0.6 is 11.3 Å². The molecular weight excluding hydrogens is 813 g/mol. The summed E-state index contributed by atoms with van der Waals surface area (Å²) in [6.07, 6.45) is -0.848. The van der Waals surface area contributed by atoms with Crippen molar-refractivity contribution in [3.63, 3.8) is 0 Å². The molecule has 3 aliphatic heterocycles. The van der Waals surface area contributed by atoms with Crippen molar-refractivity contribution < 1.29 is 33.7 Å². The number of esters is 1. The van der Waals surface area contributed by atoms with Crippen molar-refractivity contribution >= 4 is 50.2 Å². The first-order chi connectivity index (χ1) is 30.9. The molecule has 10 rings (SSSR count). The number of aliphatic hydroxyl groups excluding tert-OH is 1. The Labute approximate surface area is 367 Å². The van der Waals surface area contributed by atoms with Crippen LogP contribution < -0.4 is 20.1 Å². The molecule has 6 unspecified atom stereocenters. The van der Waals surface area contributed by atoms with Crippen LogP contribution in [0.1, 0.15) is 51.6 Å². The van der Waals surface area contributed by atoms with Crippen LogP contribution in [0.25, 0.3) is 10.2 Å². The number of aromatic nitrogens is 1. The third kappa shape index (κ3) is 6.87. The Morgan fingerprint density at radius 2 is 1.52 bits per heavy atom. The molecule has 0 aliphatic carbocycles. The third-order valence-corrected chi connectivity index (χ3v) is 13.1. The van der Waals surface area contributed by atoms with E-state index in [-0.39, 0.29) is 13.2 Å². The maximum Gasteiger partial charge on any atom is 0.324 e. The molecule has 0 bridgehead atoms. The second kappa shape index (κ2) is 16.5. The first kappa shape index (κ1) is 39.8. The Morgan fingerprint density at radius 1 is 0.841 bits per heavy atom. The highest BCUT2D eigenvalue weighted by Gasteiger charge is 2.74. The molecular formula is C51H40N4O7S. The molecule has 63 heavy (non-hydrogen) atoms. The average Bonchev–Trinajstić information content (AvgIpc) is 3.97. The van der Waals surface area contributed by atoms with Gasteiger partial charge in [-0.3, -0.25) is 19.3 Å². The number of cyclic esters (lactones) is 1. The lowest BCUT2D eigenvalue weighted by Crippen LogP contribution is -2.53. The van der Waals surface area contributed by atoms with Crippen LogP contribution in [0, 0.1) is 17.8 Å². The summed E-state index contributed by atoms with van der Waals surface area (Å²) in [4.78, 5) is 53.2. The van der Waals surface area contributed by atoms with Crippen LogP contribution in [0.15, 0.2) is 152 Å². The molecule has 1 spiro atoms. The highest BCUT2D eigenvalue weighted by molar-refractivity contribution is 7.22. The number of nitrogens with zero attached hydrogens (tertiary/aromatic N) is 2. The van der Waals surface area contributed by atoms with E-state index in [1.165, 1.54) is 11.3 Å². The minimum absolute atomic E-state index is 0.0354. The van der Waals surface area contributed by atoms with Gasteiger partial charge in [-0.2, -0.15) is 0 Å². The fraction of sp³-hybridized carbons (Fsp3) is 0.176. The molecule has 2 fully saturated rings. The normalized spacial score (nSPS) is 22.3. The van der Waals surface area contributed by atoms with E-state index in [0.717, 1.165) is 21.4 Å². The number of carbonyl (C=O) groups is 3. The number of rotatable bonds is 9. The quantitative estimate of drug-likeness (QED) is 0.0975. The minimum Gasteiger partial charge on any atom is -0.497 e. The summed E-state index contributed by atoms with van der Waals surface area (Å²) in [6, 6.07) is 43.9. The predicted octanol–water partition coefficient (Wildman–Crippen LogP) is 7.99. The number of fused-ring (bicyclic) bond motifs is 4. The van der Waals surface area contributed by atoms with Crippen molar-refractivity contribution in [2.24, 2.45) is 5.92 Å². The van der Waals surface area contributed by atoms with E-state index in [1.807, 2.05) is 144 Å². The molecule has 0 radical (unpaired) electrons. The number of ether oxygens (including phenoxy) is 3. The Hall–Kier alpha value is -7.30. The number of methoxy groups -OCH3 is 1. The Bertz CT molecular complexity index is 2900. The van der Waals surface area contributed by atoms with Gasteiger partial charge in [0.05, 0.1) is 41.9 Å². The number of hydrogen-bond acceptors (Lipinski definition) is 10. The SMILES string of the molecule is COc1ccc(C#Cc2ccc3c(c2)C2(C(=O)N3)C(C(=O)Nc3nc4ccccc4s3)C3C(=O)OC(c4ccccc4)C(c4ccccc4)N3C2c2ccccc2OCCO)cc1. The maximum atomic E-state index is 15.7. The number of thiazole rings is 1. The highest BCUT2D eigenvalue weighted by Crippen LogP contribution is 2.65. The predicted molar refractivity (Wildman–Crippen MR) is 239 cm³/mol. The zero-order valence-electron chi connectivity index (χ0n) is 33.9. The zero-order valence-corrected chi connectivity index (χ0v) is 34.8. The maximum absolute atomic E-state index is 15.7. The van der Waals surface area contributed by atoms with Gasteiger partial charge in [0.2, 0.25) is 11.8 Å². The fourth-order valence-corrected chi connectivity index (χ4v) is 10.4. The summed E-state index contributed by atoms with van der Waals surface area (Å²) >= 11 is 1.30. The average molecular weight is 853 g/mol. The summed E-state index contributed by atoms with van der Waals surface area (Å²) in [5.74, 6) is 4.50. The lowest BCUT2D eigenvalue weighted by atomic mass is 9.65. The van der Waals surface area contributed by atoms with Crippen LogP contribution in [0.3, 0.4) is 0 Å². The molecule has 11 nitrogen and oxygen atoms in total. The van der Waals surface area contributed by atoms with Gasteiger partial charge in [0.25, 0.3) is 0 Å². The van der Waals surface area contributed by atoms with E-state index in [4.69, 9.17) is 19.2 Å². The summed E-state index contributed by atoms with van der Waals surface area (Å²) in [6.45, 7) is -0.301. The minimum atomic E-state index is -1.80. The fourth-order valence-electron chi connectivity index (χ4n) is 9.56. The van der Waals surface area contributed by atoms with Crippen molar-refractivity contribution in [2.45, 2.75) is 29.6 Å². The van der Waals surface area contributed by atoms with Gasteiger partial charge in [0, 0.05) is 22.4 Å². The number of aliphatic hydroxyl groups is 1. The third-order valence-electron chi connectivity index (χ3n) is 12.1. The van der Waals surface area contributed by atoms with E-state index in [0.29, 0.717) is 44.5 Å². The van der Waals surface area contributed by atoms with Gasteiger partial charge in [-0.25, -0.2) is 4.98 Å². The van der Waals surface area contributed by atoms with E-state index >= 15 is 14.4 Å². The number of anilines is 2. The number of para-hydroxylation sites is 2. The molecule has 4 heterocycles. The summed E-state index contributed by atoms with van der Waals surface area (Å²) < 4.78 is 19.0. The number of morpholine rings is 1. The molecule has 6 aromatic carbocycles. The van der Waals surface area contributed by atoms with Crippen LogP contribution in [0.2, 0.25) is 0 Å². The Balaban J connectivity index is 1.24. The number of carbonyl (C=O) groups excluding carboxylic acids is 3. The molecule has 7 aromatic rings. The first-order valence-corrected chi connectivity index (χ1v) is 21.4. The van der Waals surface area contributed by atoms with Crippen LogP contribution in [-0.2, 0) is 24.5 Å². The highest BCUT2D eigenvalue weighted by atomic mass is 32.1.